The van der Waals surface area contributed by atoms with Crippen LogP contribution in [0.1, 0.15) is 19.0 Å². The van der Waals surface area contributed by atoms with Gasteiger partial charge in [-0.1, -0.05) is 11.6 Å². The van der Waals surface area contributed by atoms with E-state index < -0.39 is 5.60 Å². The second-order valence-electron chi connectivity index (χ2n) is 4.17. The second-order valence-corrected chi connectivity index (χ2v) is 4.58. The quantitative estimate of drug-likeness (QED) is 0.834. The molecule has 2 unspecified atom stereocenters. The summed E-state index contributed by atoms with van der Waals surface area (Å²) in [7, 11) is 1.78. The summed E-state index contributed by atoms with van der Waals surface area (Å²) in [6, 6.07) is 0. The van der Waals surface area contributed by atoms with E-state index in [9.17, 15) is 5.11 Å². The fraction of sp³-hybridized carbons (Fsp3) is 0.700. The Morgan fingerprint density at radius 3 is 2.93 bits per heavy atom. The summed E-state index contributed by atoms with van der Waals surface area (Å²) >= 11 is 6.02. The molecule has 4 nitrogen and oxygen atoms in total. The maximum absolute atomic E-state index is 10.5. The number of halogens is 1. The van der Waals surface area contributed by atoms with Crippen molar-refractivity contribution in [3.8, 4) is 0 Å². The number of aromatic nitrogens is 2. The summed E-state index contributed by atoms with van der Waals surface area (Å²) in [6.07, 6.45) is 2.41. The molecule has 1 aliphatic heterocycles. The zero-order valence-corrected chi connectivity index (χ0v) is 9.66. The van der Waals surface area contributed by atoms with Gasteiger partial charge in [-0.2, -0.15) is 5.10 Å². The molecule has 5 heteroatoms. The highest BCUT2D eigenvalue weighted by Crippen LogP contribution is 2.37. The van der Waals surface area contributed by atoms with Crippen LogP contribution in [0.25, 0.3) is 0 Å². The van der Waals surface area contributed by atoms with Crippen molar-refractivity contribution < 1.29 is 9.84 Å². The zero-order valence-electron chi connectivity index (χ0n) is 8.90. The van der Waals surface area contributed by atoms with Gasteiger partial charge in [-0.15, -0.1) is 0 Å². The van der Waals surface area contributed by atoms with Gasteiger partial charge in [0.25, 0.3) is 0 Å². The molecular formula is C10H15ClN2O2. The van der Waals surface area contributed by atoms with Gasteiger partial charge in [0.1, 0.15) is 5.60 Å². The van der Waals surface area contributed by atoms with Crippen molar-refractivity contribution in [3.63, 3.8) is 0 Å². The highest BCUT2D eigenvalue weighted by Gasteiger charge is 2.39. The first-order chi connectivity index (χ1) is 7.03. The van der Waals surface area contributed by atoms with Gasteiger partial charge in [0, 0.05) is 19.6 Å². The zero-order chi connectivity index (χ0) is 11.1. The minimum absolute atomic E-state index is 0.0883. The Morgan fingerprint density at radius 2 is 2.47 bits per heavy atom. The molecule has 0 aliphatic carbocycles. The molecule has 1 saturated heterocycles. The van der Waals surface area contributed by atoms with Crippen LogP contribution in [0.2, 0.25) is 5.02 Å². The van der Waals surface area contributed by atoms with Crippen LogP contribution < -0.4 is 0 Å². The van der Waals surface area contributed by atoms with Crippen molar-refractivity contribution in [2.24, 2.45) is 13.0 Å². The lowest BCUT2D eigenvalue weighted by Crippen LogP contribution is -2.34. The van der Waals surface area contributed by atoms with Gasteiger partial charge in [0.15, 0.2) is 0 Å². The van der Waals surface area contributed by atoms with Gasteiger partial charge in [-0.25, -0.2) is 0 Å². The van der Waals surface area contributed by atoms with Crippen molar-refractivity contribution in [1.29, 1.82) is 0 Å². The van der Waals surface area contributed by atoms with Crippen molar-refractivity contribution in [2.45, 2.75) is 18.9 Å². The molecule has 2 atom stereocenters. The molecule has 2 rings (SSSR count). The topological polar surface area (TPSA) is 47.3 Å². The van der Waals surface area contributed by atoms with E-state index in [-0.39, 0.29) is 5.92 Å². The van der Waals surface area contributed by atoms with Crippen LogP contribution in [0.3, 0.4) is 0 Å². The Hall–Kier alpha value is -0.580. The summed E-state index contributed by atoms with van der Waals surface area (Å²) in [6.45, 7) is 3.06. The van der Waals surface area contributed by atoms with Crippen LogP contribution in [0.15, 0.2) is 6.20 Å². The average molecular weight is 231 g/mol. The molecule has 1 aromatic rings. The fourth-order valence-electron chi connectivity index (χ4n) is 2.15. The van der Waals surface area contributed by atoms with E-state index in [0.29, 0.717) is 23.9 Å². The first-order valence-corrected chi connectivity index (χ1v) is 5.39. The molecule has 1 aliphatic rings. The standard InChI is InChI=1S/C10H15ClN2O2/c1-10(14,7-3-4-15-6-7)9-8(11)5-12-13(9)2/h5,7,14H,3-4,6H2,1-2H3. The number of aliphatic hydroxyl groups is 1. The monoisotopic (exact) mass is 230 g/mol. The number of ether oxygens (including phenoxy) is 1. The lowest BCUT2D eigenvalue weighted by Gasteiger charge is -2.29. The third-order valence-electron chi connectivity index (χ3n) is 3.10. The summed E-state index contributed by atoms with van der Waals surface area (Å²) in [5, 5.41) is 15.1. The Morgan fingerprint density at radius 1 is 1.73 bits per heavy atom. The van der Waals surface area contributed by atoms with E-state index in [4.69, 9.17) is 16.3 Å². The number of nitrogens with zero attached hydrogens (tertiary/aromatic N) is 2. The Bertz CT molecular complexity index is 337. The van der Waals surface area contributed by atoms with Crippen LogP contribution in [-0.2, 0) is 17.4 Å². The van der Waals surface area contributed by atoms with E-state index in [1.54, 1.807) is 24.9 Å². The third kappa shape index (κ3) is 1.77. The van der Waals surface area contributed by atoms with Crippen molar-refractivity contribution in [3.05, 3.63) is 16.9 Å². The maximum atomic E-state index is 10.5. The molecule has 15 heavy (non-hydrogen) atoms. The molecule has 0 spiro atoms. The van der Waals surface area contributed by atoms with E-state index in [1.807, 2.05) is 0 Å². The summed E-state index contributed by atoms with van der Waals surface area (Å²) in [5.74, 6) is 0.0883. The molecule has 1 aromatic heterocycles. The highest BCUT2D eigenvalue weighted by molar-refractivity contribution is 6.31. The van der Waals surface area contributed by atoms with Crippen LogP contribution in [-0.4, -0.2) is 28.1 Å². The van der Waals surface area contributed by atoms with Crippen LogP contribution in [0.5, 0.6) is 0 Å². The van der Waals surface area contributed by atoms with E-state index in [1.165, 1.54) is 0 Å². The highest BCUT2D eigenvalue weighted by atomic mass is 35.5. The molecule has 0 aromatic carbocycles. The predicted molar refractivity (Wildman–Crippen MR) is 56.7 cm³/mol. The third-order valence-corrected chi connectivity index (χ3v) is 3.37. The average Bonchev–Trinajstić information content (AvgIpc) is 2.75. The molecular weight excluding hydrogens is 216 g/mol. The fourth-order valence-corrected chi connectivity index (χ4v) is 2.51. The SMILES string of the molecule is Cn1ncc(Cl)c1C(C)(O)C1CCOC1. The lowest BCUT2D eigenvalue weighted by atomic mass is 9.85. The lowest BCUT2D eigenvalue weighted by molar-refractivity contribution is -0.0164. The molecule has 0 bridgehead atoms. The van der Waals surface area contributed by atoms with Gasteiger partial charge in [-0.3, -0.25) is 4.68 Å². The Labute approximate surface area is 93.8 Å². The second kappa shape index (κ2) is 3.77. The number of hydrogen-bond donors (Lipinski definition) is 1. The minimum Gasteiger partial charge on any atom is -0.383 e. The van der Waals surface area contributed by atoms with E-state index >= 15 is 0 Å². The molecule has 1 N–H and O–H groups in total. The maximum Gasteiger partial charge on any atom is 0.110 e. The molecule has 1 fully saturated rings. The Balaban J connectivity index is 2.35. The number of aryl methyl sites for hydroxylation is 1. The van der Waals surface area contributed by atoms with E-state index in [2.05, 4.69) is 5.10 Å². The summed E-state index contributed by atoms with van der Waals surface area (Å²) < 4.78 is 6.91. The molecule has 0 saturated carbocycles. The predicted octanol–water partition coefficient (Wildman–Crippen LogP) is 1.32. The van der Waals surface area contributed by atoms with Crippen molar-refractivity contribution >= 4 is 11.6 Å². The molecule has 0 radical (unpaired) electrons. The van der Waals surface area contributed by atoms with Gasteiger partial charge in [0.2, 0.25) is 0 Å². The number of rotatable bonds is 2. The first-order valence-electron chi connectivity index (χ1n) is 5.01. The number of hydrogen-bond acceptors (Lipinski definition) is 3. The van der Waals surface area contributed by atoms with Gasteiger partial charge in [0.05, 0.1) is 23.5 Å². The van der Waals surface area contributed by atoms with Crippen LogP contribution in [0, 0.1) is 5.92 Å². The summed E-state index contributed by atoms with van der Waals surface area (Å²) in [5.41, 5.74) is -0.307. The molecule has 84 valence electrons. The van der Waals surface area contributed by atoms with Crippen molar-refractivity contribution in [2.75, 3.05) is 13.2 Å². The molecule has 0 amide bonds. The normalized spacial score (nSPS) is 25.5. The minimum atomic E-state index is -0.973. The van der Waals surface area contributed by atoms with Gasteiger partial charge < -0.3 is 9.84 Å². The van der Waals surface area contributed by atoms with Crippen LogP contribution >= 0.6 is 11.6 Å². The van der Waals surface area contributed by atoms with Gasteiger partial charge >= 0.3 is 0 Å². The molecule has 2 heterocycles. The Kier molecular flexibility index (Phi) is 2.75. The van der Waals surface area contributed by atoms with Crippen LogP contribution in [0.4, 0.5) is 0 Å². The van der Waals surface area contributed by atoms with E-state index in [0.717, 1.165) is 6.42 Å². The smallest absolute Gasteiger partial charge is 0.110 e. The summed E-state index contributed by atoms with van der Waals surface area (Å²) in [4.78, 5) is 0. The first kappa shape index (κ1) is 10.9. The largest absolute Gasteiger partial charge is 0.383 e. The van der Waals surface area contributed by atoms with Gasteiger partial charge in [-0.05, 0) is 13.3 Å². The van der Waals surface area contributed by atoms with Crippen molar-refractivity contribution in [1.82, 2.24) is 9.78 Å².